The van der Waals surface area contributed by atoms with Crippen LogP contribution in [0.15, 0.2) is 23.1 Å². The van der Waals surface area contributed by atoms with Gasteiger partial charge >= 0.3 is 0 Å². The van der Waals surface area contributed by atoms with Gasteiger partial charge in [0.15, 0.2) is 0 Å². The molecule has 1 aliphatic heterocycles. The summed E-state index contributed by atoms with van der Waals surface area (Å²) in [5.74, 6) is 0. The third kappa shape index (κ3) is 3.63. The smallest absolute Gasteiger partial charge is 0.243 e. The lowest BCUT2D eigenvalue weighted by molar-refractivity contribution is 0.0604. The Bertz CT molecular complexity index is 579. The van der Waals surface area contributed by atoms with Crippen LogP contribution in [0.25, 0.3) is 0 Å². The van der Waals surface area contributed by atoms with E-state index in [1.165, 1.54) is 0 Å². The third-order valence-electron chi connectivity index (χ3n) is 3.99. The van der Waals surface area contributed by atoms with Gasteiger partial charge in [-0.05, 0) is 44.0 Å². The van der Waals surface area contributed by atoms with Crippen LogP contribution in [0.5, 0.6) is 0 Å². The fourth-order valence-electron chi connectivity index (χ4n) is 2.68. The van der Waals surface area contributed by atoms with E-state index >= 15 is 0 Å². The van der Waals surface area contributed by atoms with Crippen LogP contribution in [0, 0.1) is 6.92 Å². The molecule has 1 fully saturated rings. The van der Waals surface area contributed by atoms with Gasteiger partial charge in [0.1, 0.15) is 0 Å². The minimum atomic E-state index is -3.42. The van der Waals surface area contributed by atoms with E-state index in [0.717, 1.165) is 24.0 Å². The maximum absolute atomic E-state index is 12.8. The van der Waals surface area contributed by atoms with Crippen molar-refractivity contribution < 1.29 is 13.2 Å². The number of aryl methyl sites for hydroxylation is 1. The van der Waals surface area contributed by atoms with Crippen LogP contribution >= 0.6 is 0 Å². The summed E-state index contributed by atoms with van der Waals surface area (Å²) < 4.78 is 32.5. The predicted octanol–water partition coefficient (Wildman–Crippen LogP) is 1.51. The SMILES string of the molecule is CNCc1ccc(C)c(S(=O)(=O)N2CCC(OC)CC2)c1. The number of nitrogens with zero attached hydrogens (tertiary/aromatic N) is 1. The van der Waals surface area contributed by atoms with E-state index < -0.39 is 10.0 Å². The van der Waals surface area contributed by atoms with Crippen LogP contribution in [0.2, 0.25) is 0 Å². The van der Waals surface area contributed by atoms with E-state index in [4.69, 9.17) is 4.74 Å². The normalized spacial score (nSPS) is 18.0. The minimum Gasteiger partial charge on any atom is -0.381 e. The number of nitrogens with one attached hydrogen (secondary N) is 1. The van der Waals surface area contributed by atoms with Crippen molar-refractivity contribution in [3.63, 3.8) is 0 Å². The molecule has 0 spiro atoms. The Morgan fingerprint density at radius 2 is 2.00 bits per heavy atom. The molecule has 0 atom stereocenters. The number of methoxy groups -OCH3 is 1. The molecule has 1 N–H and O–H groups in total. The number of piperidine rings is 1. The number of sulfonamides is 1. The van der Waals surface area contributed by atoms with Gasteiger partial charge in [-0.15, -0.1) is 0 Å². The second-order valence-electron chi connectivity index (χ2n) is 5.47. The molecule has 6 heteroatoms. The second kappa shape index (κ2) is 6.87. The van der Waals surface area contributed by atoms with Gasteiger partial charge in [-0.25, -0.2) is 8.42 Å². The van der Waals surface area contributed by atoms with E-state index in [0.29, 0.717) is 24.5 Å². The van der Waals surface area contributed by atoms with Crippen LogP contribution in [-0.2, 0) is 21.3 Å². The van der Waals surface area contributed by atoms with Gasteiger partial charge in [0.25, 0.3) is 0 Å². The first-order valence-corrected chi connectivity index (χ1v) is 8.70. The Hall–Kier alpha value is -0.950. The Morgan fingerprint density at radius 1 is 1.33 bits per heavy atom. The molecule has 0 amide bonds. The molecule has 2 rings (SSSR count). The Morgan fingerprint density at radius 3 is 2.57 bits per heavy atom. The molecule has 1 heterocycles. The van der Waals surface area contributed by atoms with Crippen LogP contribution in [0.3, 0.4) is 0 Å². The molecule has 1 saturated heterocycles. The van der Waals surface area contributed by atoms with Crippen LogP contribution in [0.4, 0.5) is 0 Å². The monoisotopic (exact) mass is 312 g/mol. The standard InChI is InChI=1S/C15H24N2O3S/c1-12-4-5-13(11-16-2)10-15(12)21(18,19)17-8-6-14(20-3)7-9-17/h4-5,10,14,16H,6-9,11H2,1-3H3. The highest BCUT2D eigenvalue weighted by Crippen LogP contribution is 2.25. The fraction of sp³-hybridized carbons (Fsp3) is 0.600. The van der Waals surface area contributed by atoms with Crippen molar-refractivity contribution >= 4 is 10.0 Å². The zero-order valence-corrected chi connectivity index (χ0v) is 13.7. The van der Waals surface area contributed by atoms with Gasteiger partial charge in [-0.2, -0.15) is 4.31 Å². The Labute approximate surface area is 127 Å². The second-order valence-corrected chi connectivity index (χ2v) is 7.38. The topological polar surface area (TPSA) is 58.6 Å². The van der Waals surface area contributed by atoms with Gasteiger partial charge < -0.3 is 10.1 Å². The van der Waals surface area contributed by atoms with Gasteiger partial charge in [0.2, 0.25) is 10.0 Å². The van der Waals surface area contributed by atoms with Crippen molar-refractivity contribution in [3.05, 3.63) is 29.3 Å². The van der Waals surface area contributed by atoms with Crippen molar-refractivity contribution in [2.24, 2.45) is 0 Å². The number of ether oxygens (including phenoxy) is 1. The first kappa shape index (κ1) is 16.4. The molecule has 0 aromatic heterocycles. The lowest BCUT2D eigenvalue weighted by Gasteiger charge is -2.30. The number of hydrogen-bond donors (Lipinski definition) is 1. The van der Waals surface area contributed by atoms with Crippen molar-refractivity contribution in [2.75, 3.05) is 27.2 Å². The van der Waals surface area contributed by atoms with Gasteiger partial charge in [-0.3, -0.25) is 0 Å². The average molecular weight is 312 g/mol. The summed E-state index contributed by atoms with van der Waals surface area (Å²) in [6.07, 6.45) is 1.68. The highest BCUT2D eigenvalue weighted by atomic mass is 32.2. The van der Waals surface area contributed by atoms with Crippen LogP contribution in [-0.4, -0.2) is 46.1 Å². The molecule has 0 bridgehead atoms. The molecule has 0 aliphatic carbocycles. The summed E-state index contributed by atoms with van der Waals surface area (Å²) in [6.45, 7) is 3.56. The number of benzene rings is 1. The lowest BCUT2D eigenvalue weighted by atomic mass is 10.1. The van der Waals surface area contributed by atoms with E-state index in [9.17, 15) is 8.42 Å². The van der Waals surface area contributed by atoms with E-state index in [2.05, 4.69) is 5.32 Å². The van der Waals surface area contributed by atoms with Gasteiger partial charge in [-0.1, -0.05) is 12.1 Å². The molecular weight excluding hydrogens is 288 g/mol. The van der Waals surface area contributed by atoms with Crippen molar-refractivity contribution in [1.82, 2.24) is 9.62 Å². The quantitative estimate of drug-likeness (QED) is 0.895. The fourth-order valence-corrected chi connectivity index (χ4v) is 4.43. The largest absolute Gasteiger partial charge is 0.381 e. The van der Waals surface area contributed by atoms with Gasteiger partial charge in [0.05, 0.1) is 11.0 Å². The van der Waals surface area contributed by atoms with E-state index in [1.807, 2.05) is 26.1 Å². The minimum absolute atomic E-state index is 0.174. The molecular formula is C15H24N2O3S. The van der Waals surface area contributed by atoms with Crippen molar-refractivity contribution in [3.8, 4) is 0 Å². The van der Waals surface area contributed by atoms with Gasteiger partial charge in [0, 0.05) is 26.7 Å². The zero-order chi connectivity index (χ0) is 15.5. The first-order valence-electron chi connectivity index (χ1n) is 7.26. The predicted molar refractivity (Wildman–Crippen MR) is 82.7 cm³/mol. The molecule has 0 unspecified atom stereocenters. The number of rotatable bonds is 5. The molecule has 5 nitrogen and oxygen atoms in total. The van der Waals surface area contributed by atoms with Crippen LogP contribution in [0.1, 0.15) is 24.0 Å². The Balaban J connectivity index is 2.25. The number of hydrogen-bond acceptors (Lipinski definition) is 4. The lowest BCUT2D eigenvalue weighted by Crippen LogP contribution is -2.40. The maximum Gasteiger partial charge on any atom is 0.243 e. The average Bonchev–Trinajstić information content (AvgIpc) is 2.49. The summed E-state index contributed by atoms with van der Waals surface area (Å²) in [7, 11) is 0.116. The summed E-state index contributed by atoms with van der Waals surface area (Å²) in [5, 5.41) is 3.05. The molecule has 21 heavy (non-hydrogen) atoms. The molecule has 1 aliphatic rings. The summed E-state index contributed by atoms with van der Waals surface area (Å²) >= 11 is 0. The summed E-state index contributed by atoms with van der Waals surface area (Å²) in [6, 6.07) is 5.62. The Kier molecular flexibility index (Phi) is 5.37. The van der Waals surface area contributed by atoms with E-state index in [1.54, 1.807) is 17.5 Å². The van der Waals surface area contributed by atoms with Crippen LogP contribution < -0.4 is 5.32 Å². The highest BCUT2D eigenvalue weighted by Gasteiger charge is 2.30. The highest BCUT2D eigenvalue weighted by molar-refractivity contribution is 7.89. The van der Waals surface area contributed by atoms with Crippen molar-refractivity contribution in [1.29, 1.82) is 0 Å². The summed E-state index contributed by atoms with van der Waals surface area (Å²) in [4.78, 5) is 0.422. The third-order valence-corrected chi connectivity index (χ3v) is 6.03. The van der Waals surface area contributed by atoms with E-state index in [-0.39, 0.29) is 6.10 Å². The summed E-state index contributed by atoms with van der Waals surface area (Å²) in [5.41, 5.74) is 1.78. The molecule has 1 aromatic rings. The van der Waals surface area contributed by atoms with Crippen molar-refractivity contribution in [2.45, 2.75) is 37.3 Å². The molecule has 118 valence electrons. The first-order chi connectivity index (χ1) is 9.98. The molecule has 1 aromatic carbocycles. The molecule has 0 saturated carbocycles. The zero-order valence-electron chi connectivity index (χ0n) is 12.9. The maximum atomic E-state index is 12.8. The molecule has 0 radical (unpaired) electrons.